The average molecular weight is 194 g/mol. The maximum atomic E-state index is 12.5. The zero-order valence-electron chi connectivity index (χ0n) is 7.13. The molecule has 1 saturated carbocycles. The van der Waals surface area contributed by atoms with E-state index in [1.807, 2.05) is 0 Å². The lowest BCUT2D eigenvalue weighted by molar-refractivity contribution is -0.265. The smallest absolute Gasteiger partial charge is 0.456 e. The Balaban J connectivity index is 2.41. The number of hydrogen-bond donors (Lipinski definition) is 1. The van der Waals surface area contributed by atoms with Gasteiger partial charge >= 0.3 is 12.1 Å². The molecule has 1 fully saturated rings. The Hall–Kier alpha value is -0.710. The van der Waals surface area contributed by atoms with Crippen molar-refractivity contribution < 1.29 is 23.4 Å². The van der Waals surface area contributed by atoms with Crippen LogP contribution in [0.15, 0.2) is 0 Å². The molecule has 0 heterocycles. The van der Waals surface area contributed by atoms with Crippen LogP contribution in [0.25, 0.3) is 0 Å². The number of halogens is 2. The van der Waals surface area contributed by atoms with E-state index >= 15 is 0 Å². The Bertz CT molecular complexity index is 188. The standard InChI is InChI=1S/C8H12F2O3/c9-8(10,7(11)12)13-6-4-2-1-3-5-6/h6H,1-5H2,(H,11,12). The average Bonchev–Trinajstić information content (AvgIpc) is 2.05. The Morgan fingerprint density at radius 1 is 1.31 bits per heavy atom. The zero-order valence-corrected chi connectivity index (χ0v) is 7.13. The molecule has 1 rings (SSSR count). The molecule has 0 unspecified atom stereocenters. The van der Waals surface area contributed by atoms with Gasteiger partial charge in [0.05, 0.1) is 6.10 Å². The van der Waals surface area contributed by atoms with Crippen LogP contribution in [0.4, 0.5) is 8.78 Å². The molecular weight excluding hydrogens is 182 g/mol. The van der Waals surface area contributed by atoms with Gasteiger partial charge in [-0.2, -0.15) is 8.78 Å². The summed E-state index contributed by atoms with van der Waals surface area (Å²) in [6, 6.07) is 0. The van der Waals surface area contributed by atoms with Crippen molar-refractivity contribution in [3.8, 4) is 0 Å². The van der Waals surface area contributed by atoms with Crippen LogP contribution in [-0.2, 0) is 9.53 Å². The first-order chi connectivity index (χ1) is 6.02. The first-order valence-corrected chi connectivity index (χ1v) is 4.31. The highest BCUT2D eigenvalue weighted by Gasteiger charge is 2.43. The molecule has 76 valence electrons. The van der Waals surface area contributed by atoms with E-state index < -0.39 is 18.2 Å². The van der Waals surface area contributed by atoms with Crippen molar-refractivity contribution in [1.29, 1.82) is 0 Å². The maximum Gasteiger partial charge on any atom is 0.456 e. The molecule has 1 N–H and O–H groups in total. The monoisotopic (exact) mass is 194 g/mol. The lowest BCUT2D eigenvalue weighted by Gasteiger charge is -2.24. The molecule has 0 atom stereocenters. The molecule has 0 amide bonds. The van der Waals surface area contributed by atoms with E-state index in [0.717, 1.165) is 19.3 Å². The van der Waals surface area contributed by atoms with Crippen molar-refractivity contribution in [2.45, 2.75) is 44.3 Å². The minimum Gasteiger partial charge on any atom is -0.475 e. The van der Waals surface area contributed by atoms with Gasteiger partial charge in [-0.1, -0.05) is 19.3 Å². The van der Waals surface area contributed by atoms with Crippen molar-refractivity contribution in [3.63, 3.8) is 0 Å². The highest BCUT2D eigenvalue weighted by atomic mass is 19.3. The number of alkyl halides is 2. The van der Waals surface area contributed by atoms with Crippen LogP contribution in [0.2, 0.25) is 0 Å². The van der Waals surface area contributed by atoms with Crippen molar-refractivity contribution in [2.24, 2.45) is 0 Å². The predicted molar refractivity (Wildman–Crippen MR) is 40.5 cm³/mol. The van der Waals surface area contributed by atoms with Crippen molar-refractivity contribution >= 4 is 5.97 Å². The second-order valence-corrected chi connectivity index (χ2v) is 3.20. The highest BCUT2D eigenvalue weighted by molar-refractivity contribution is 5.73. The van der Waals surface area contributed by atoms with Gasteiger partial charge in [0, 0.05) is 0 Å². The molecule has 0 bridgehead atoms. The molecule has 0 aromatic heterocycles. The third-order valence-corrected chi connectivity index (χ3v) is 2.12. The fourth-order valence-electron chi connectivity index (χ4n) is 1.44. The molecule has 3 nitrogen and oxygen atoms in total. The van der Waals surface area contributed by atoms with Gasteiger partial charge in [-0.15, -0.1) is 0 Å². The minimum atomic E-state index is -4.03. The Morgan fingerprint density at radius 2 is 1.85 bits per heavy atom. The lowest BCUT2D eigenvalue weighted by Crippen LogP contribution is -2.36. The van der Waals surface area contributed by atoms with Gasteiger partial charge in [0.15, 0.2) is 0 Å². The molecule has 1 aliphatic carbocycles. The second kappa shape index (κ2) is 4.00. The van der Waals surface area contributed by atoms with Crippen LogP contribution in [0, 0.1) is 0 Å². The molecular formula is C8H12F2O3. The van der Waals surface area contributed by atoms with Crippen molar-refractivity contribution in [2.75, 3.05) is 0 Å². The maximum absolute atomic E-state index is 12.5. The summed E-state index contributed by atoms with van der Waals surface area (Å²) >= 11 is 0. The van der Waals surface area contributed by atoms with Crippen LogP contribution >= 0.6 is 0 Å². The summed E-state index contributed by atoms with van der Waals surface area (Å²) in [6.07, 6.45) is -0.882. The molecule has 0 spiro atoms. The molecule has 0 aromatic rings. The van der Waals surface area contributed by atoms with Crippen LogP contribution in [0.3, 0.4) is 0 Å². The fraction of sp³-hybridized carbons (Fsp3) is 0.875. The van der Waals surface area contributed by atoms with Gasteiger partial charge in [0.25, 0.3) is 0 Å². The van der Waals surface area contributed by atoms with Gasteiger partial charge in [-0.05, 0) is 12.8 Å². The SMILES string of the molecule is O=C(O)C(F)(F)OC1CCCCC1. The van der Waals surface area contributed by atoms with Gasteiger partial charge in [-0.25, -0.2) is 4.79 Å². The summed E-state index contributed by atoms with van der Waals surface area (Å²) in [5, 5.41) is 8.10. The number of carboxylic acids is 1. The van der Waals surface area contributed by atoms with Gasteiger partial charge in [0.1, 0.15) is 0 Å². The lowest BCUT2D eigenvalue weighted by atomic mass is 9.98. The normalized spacial score (nSPS) is 20.2. The third kappa shape index (κ3) is 2.91. The Labute approximate surface area is 74.7 Å². The number of carbonyl (C=O) groups is 1. The summed E-state index contributed by atoms with van der Waals surface area (Å²) in [5.41, 5.74) is 0. The van der Waals surface area contributed by atoms with E-state index in [0.29, 0.717) is 12.8 Å². The topological polar surface area (TPSA) is 46.5 Å². The van der Waals surface area contributed by atoms with Crippen LogP contribution in [0.5, 0.6) is 0 Å². The second-order valence-electron chi connectivity index (χ2n) is 3.20. The summed E-state index contributed by atoms with van der Waals surface area (Å²) in [5.74, 6) is -2.21. The predicted octanol–water partition coefficient (Wildman–Crippen LogP) is 2.01. The molecule has 0 radical (unpaired) electrons. The number of ether oxygens (including phenoxy) is 1. The molecule has 0 aliphatic heterocycles. The molecule has 0 saturated heterocycles. The van der Waals surface area contributed by atoms with Gasteiger partial charge in [-0.3, -0.25) is 0 Å². The van der Waals surface area contributed by atoms with E-state index in [-0.39, 0.29) is 0 Å². The first kappa shape index (κ1) is 10.4. The summed E-state index contributed by atoms with van der Waals surface area (Å²) < 4.78 is 29.2. The summed E-state index contributed by atoms with van der Waals surface area (Å²) in [7, 11) is 0. The summed E-state index contributed by atoms with van der Waals surface area (Å²) in [6.45, 7) is 0. The van der Waals surface area contributed by atoms with Crippen LogP contribution in [-0.4, -0.2) is 23.3 Å². The van der Waals surface area contributed by atoms with Crippen LogP contribution in [0.1, 0.15) is 32.1 Å². The van der Waals surface area contributed by atoms with E-state index in [9.17, 15) is 13.6 Å². The Kier molecular flexibility index (Phi) is 3.19. The third-order valence-electron chi connectivity index (χ3n) is 2.12. The molecule has 1 aliphatic rings. The van der Waals surface area contributed by atoms with E-state index in [2.05, 4.69) is 4.74 Å². The van der Waals surface area contributed by atoms with E-state index in [4.69, 9.17) is 5.11 Å². The Morgan fingerprint density at radius 3 is 2.31 bits per heavy atom. The van der Waals surface area contributed by atoms with E-state index in [1.165, 1.54) is 0 Å². The van der Waals surface area contributed by atoms with E-state index in [1.54, 1.807) is 0 Å². The molecule has 5 heteroatoms. The van der Waals surface area contributed by atoms with Gasteiger partial charge < -0.3 is 9.84 Å². The van der Waals surface area contributed by atoms with Crippen molar-refractivity contribution in [3.05, 3.63) is 0 Å². The number of aliphatic carboxylic acids is 1. The molecule has 0 aromatic carbocycles. The number of carboxylic acid groups (broad SMARTS) is 1. The highest BCUT2D eigenvalue weighted by Crippen LogP contribution is 2.26. The van der Waals surface area contributed by atoms with Gasteiger partial charge in [0.2, 0.25) is 0 Å². The first-order valence-electron chi connectivity index (χ1n) is 4.31. The number of hydrogen-bond acceptors (Lipinski definition) is 2. The number of rotatable bonds is 3. The zero-order chi connectivity index (χ0) is 9.90. The largest absolute Gasteiger partial charge is 0.475 e. The minimum absolute atomic E-state index is 0.531. The fourth-order valence-corrected chi connectivity index (χ4v) is 1.44. The molecule has 13 heavy (non-hydrogen) atoms. The van der Waals surface area contributed by atoms with Crippen molar-refractivity contribution in [1.82, 2.24) is 0 Å². The quantitative estimate of drug-likeness (QED) is 0.747. The van der Waals surface area contributed by atoms with Crippen LogP contribution < -0.4 is 0 Å². The summed E-state index contributed by atoms with van der Waals surface area (Å²) in [4.78, 5) is 10.0.